The van der Waals surface area contributed by atoms with Gasteiger partial charge in [0.1, 0.15) is 17.2 Å². The normalized spacial score (nSPS) is 14.5. The van der Waals surface area contributed by atoms with Gasteiger partial charge in [-0.05, 0) is 19.9 Å². The molecule has 0 radical (unpaired) electrons. The van der Waals surface area contributed by atoms with Crippen molar-refractivity contribution in [3.05, 3.63) is 29.3 Å². The number of ether oxygens (including phenoxy) is 1. The standard InChI is InChI=1S/C17H23N5O3/c1-11-9-13(12(2)25-11)16(23)19-14-10-18-17(20-15(14)21(3)4)22-5-7-24-8-6-22/h9-10H,5-8H2,1-4H3,(H,19,23). The molecule has 1 N–H and O–H groups in total. The second-order valence-corrected chi connectivity index (χ2v) is 6.18. The molecule has 1 aliphatic rings. The molecule has 0 aliphatic carbocycles. The van der Waals surface area contributed by atoms with Gasteiger partial charge in [-0.15, -0.1) is 0 Å². The molecule has 1 amide bonds. The molecule has 1 aliphatic heterocycles. The summed E-state index contributed by atoms with van der Waals surface area (Å²) >= 11 is 0. The first-order valence-corrected chi connectivity index (χ1v) is 8.21. The quantitative estimate of drug-likeness (QED) is 0.905. The first-order valence-electron chi connectivity index (χ1n) is 8.21. The lowest BCUT2D eigenvalue weighted by Crippen LogP contribution is -2.37. The smallest absolute Gasteiger partial charge is 0.259 e. The molecule has 2 aromatic rings. The second-order valence-electron chi connectivity index (χ2n) is 6.18. The highest BCUT2D eigenvalue weighted by molar-refractivity contribution is 6.06. The van der Waals surface area contributed by atoms with E-state index in [4.69, 9.17) is 9.15 Å². The Hall–Kier alpha value is -2.61. The van der Waals surface area contributed by atoms with Crippen molar-refractivity contribution in [3.63, 3.8) is 0 Å². The van der Waals surface area contributed by atoms with Gasteiger partial charge in [0, 0.05) is 27.2 Å². The van der Waals surface area contributed by atoms with Gasteiger partial charge < -0.3 is 24.3 Å². The van der Waals surface area contributed by atoms with Gasteiger partial charge in [-0.2, -0.15) is 4.98 Å². The lowest BCUT2D eigenvalue weighted by Gasteiger charge is -2.28. The van der Waals surface area contributed by atoms with Crippen LogP contribution in [0.1, 0.15) is 21.9 Å². The van der Waals surface area contributed by atoms with Crippen LogP contribution >= 0.6 is 0 Å². The van der Waals surface area contributed by atoms with E-state index in [-0.39, 0.29) is 5.91 Å². The van der Waals surface area contributed by atoms with Crippen molar-refractivity contribution >= 4 is 23.4 Å². The van der Waals surface area contributed by atoms with Crippen LogP contribution in [0.2, 0.25) is 0 Å². The van der Waals surface area contributed by atoms with Gasteiger partial charge in [0.15, 0.2) is 5.82 Å². The number of carbonyl (C=O) groups is 1. The molecule has 3 heterocycles. The zero-order valence-corrected chi connectivity index (χ0v) is 15.0. The molecule has 3 rings (SSSR count). The van der Waals surface area contributed by atoms with Gasteiger partial charge in [0.25, 0.3) is 5.91 Å². The third-order valence-corrected chi connectivity index (χ3v) is 4.01. The molecule has 8 nitrogen and oxygen atoms in total. The van der Waals surface area contributed by atoms with E-state index in [1.54, 1.807) is 19.2 Å². The van der Waals surface area contributed by atoms with Crippen molar-refractivity contribution in [3.8, 4) is 0 Å². The van der Waals surface area contributed by atoms with Crippen LogP contribution in [-0.4, -0.2) is 56.3 Å². The fourth-order valence-electron chi connectivity index (χ4n) is 2.75. The number of carbonyl (C=O) groups excluding carboxylic acids is 1. The fraction of sp³-hybridized carbons (Fsp3) is 0.471. The van der Waals surface area contributed by atoms with Gasteiger partial charge in [-0.3, -0.25) is 4.79 Å². The molecule has 1 saturated heterocycles. The summed E-state index contributed by atoms with van der Waals surface area (Å²) in [5.74, 6) is 2.35. The minimum Gasteiger partial charge on any atom is -0.466 e. The molecule has 0 unspecified atom stereocenters. The Balaban J connectivity index is 1.85. The van der Waals surface area contributed by atoms with Crippen LogP contribution in [0.25, 0.3) is 0 Å². The average Bonchev–Trinajstić information content (AvgIpc) is 2.94. The number of aromatic nitrogens is 2. The topological polar surface area (TPSA) is 83.7 Å². The van der Waals surface area contributed by atoms with Gasteiger partial charge in [0.2, 0.25) is 5.95 Å². The Morgan fingerprint density at radius 2 is 2.00 bits per heavy atom. The number of aryl methyl sites for hydroxylation is 2. The maximum atomic E-state index is 12.5. The average molecular weight is 345 g/mol. The van der Waals surface area contributed by atoms with E-state index in [0.29, 0.717) is 47.8 Å². The molecule has 0 saturated carbocycles. The molecular weight excluding hydrogens is 322 g/mol. The van der Waals surface area contributed by atoms with Crippen LogP contribution in [0.4, 0.5) is 17.5 Å². The second kappa shape index (κ2) is 7.10. The Morgan fingerprint density at radius 1 is 1.28 bits per heavy atom. The molecule has 25 heavy (non-hydrogen) atoms. The highest BCUT2D eigenvalue weighted by atomic mass is 16.5. The van der Waals surface area contributed by atoms with Gasteiger partial charge in [0.05, 0.1) is 25.0 Å². The van der Waals surface area contributed by atoms with Crippen molar-refractivity contribution < 1.29 is 13.9 Å². The summed E-state index contributed by atoms with van der Waals surface area (Å²) in [7, 11) is 3.77. The maximum absolute atomic E-state index is 12.5. The van der Waals surface area contributed by atoms with E-state index in [1.807, 2.05) is 25.9 Å². The number of nitrogens with zero attached hydrogens (tertiary/aromatic N) is 4. The van der Waals surface area contributed by atoms with Crippen LogP contribution in [0.15, 0.2) is 16.7 Å². The number of rotatable bonds is 4. The maximum Gasteiger partial charge on any atom is 0.259 e. The van der Waals surface area contributed by atoms with E-state index in [9.17, 15) is 4.79 Å². The zero-order valence-electron chi connectivity index (χ0n) is 15.0. The summed E-state index contributed by atoms with van der Waals surface area (Å²) in [4.78, 5) is 25.5. The molecule has 0 spiro atoms. The highest BCUT2D eigenvalue weighted by Gasteiger charge is 2.20. The molecule has 8 heteroatoms. The number of nitrogens with one attached hydrogen (secondary N) is 1. The lowest BCUT2D eigenvalue weighted by atomic mass is 10.2. The summed E-state index contributed by atoms with van der Waals surface area (Å²) in [6, 6.07) is 1.73. The molecule has 0 bridgehead atoms. The molecule has 0 aromatic carbocycles. The van der Waals surface area contributed by atoms with Crippen LogP contribution in [0.3, 0.4) is 0 Å². The van der Waals surface area contributed by atoms with Crippen LogP contribution in [0, 0.1) is 13.8 Å². The molecule has 0 atom stereocenters. The summed E-state index contributed by atoms with van der Waals surface area (Å²) in [5, 5.41) is 2.88. The van der Waals surface area contributed by atoms with Gasteiger partial charge >= 0.3 is 0 Å². The number of morpholine rings is 1. The monoisotopic (exact) mass is 345 g/mol. The van der Waals surface area contributed by atoms with E-state index >= 15 is 0 Å². The van der Waals surface area contributed by atoms with Crippen molar-refractivity contribution in [1.82, 2.24) is 9.97 Å². The van der Waals surface area contributed by atoms with Crippen molar-refractivity contribution in [2.24, 2.45) is 0 Å². The number of anilines is 3. The summed E-state index contributed by atoms with van der Waals surface area (Å²) in [6.07, 6.45) is 1.65. The SMILES string of the molecule is Cc1cc(C(=O)Nc2cnc(N3CCOCC3)nc2N(C)C)c(C)o1. The van der Waals surface area contributed by atoms with Crippen molar-refractivity contribution in [1.29, 1.82) is 0 Å². The minimum absolute atomic E-state index is 0.236. The van der Waals surface area contributed by atoms with E-state index in [2.05, 4.69) is 20.2 Å². The Labute approximate surface area is 146 Å². The molecule has 1 fully saturated rings. The highest BCUT2D eigenvalue weighted by Crippen LogP contribution is 2.25. The lowest BCUT2D eigenvalue weighted by molar-refractivity contribution is 0.102. The predicted octanol–water partition coefficient (Wildman–Crippen LogP) is 1.84. The number of amides is 1. The van der Waals surface area contributed by atoms with Gasteiger partial charge in [-0.1, -0.05) is 0 Å². The Morgan fingerprint density at radius 3 is 2.60 bits per heavy atom. The van der Waals surface area contributed by atoms with E-state index in [1.165, 1.54) is 0 Å². The first-order chi connectivity index (χ1) is 12.0. The Kier molecular flexibility index (Phi) is 4.89. The number of hydrogen-bond acceptors (Lipinski definition) is 7. The largest absolute Gasteiger partial charge is 0.466 e. The summed E-state index contributed by atoms with van der Waals surface area (Å²) in [5.41, 5.74) is 1.07. The van der Waals surface area contributed by atoms with Gasteiger partial charge in [-0.25, -0.2) is 4.98 Å². The third kappa shape index (κ3) is 3.74. The summed E-state index contributed by atoms with van der Waals surface area (Å²) in [6.45, 7) is 6.43. The molecule has 2 aromatic heterocycles. The molecule has 134 valence electrons. The minimum atomic E-state index is -0.236. The molecular formula is C17H23N5O3. The van der Waals surface area contributed by atoms with Crippen molar-refractivity contribution in [2.45, 2.75) is 13.8 Å². The van der Waals surface area contributed by atoms with Crippen LogP contribution in [0.5, 0.6) is 0 Å². The van der Waals surface area contributed by atoms with Crippen molar-refractivity contribution in [2.75, 3.05) is 55.5 Å². The fourth-order valence-corrected chi connectivity index (χ4v) is 2.75. The third-order valence-electron chi connectivity index (χ3n) is 4.01. The number of hydrogen-bond donors (Lipinski definition) is 1. The Bertz CT molecular complexity index is 766. The number of furan rings is 1. The van der Waals surface area contributed by atoms with Crippen LogP contribution in [-0.2, 0) is 4.74 Å². The summed E-state index contributed by atoms with van der Waals surface area (Å²) < 4.78 is 10.8. The van der Waals surface area contributed by atoms with E-state index in [0.717, 1.165) is 13.1 Å². The van der Waals surface area contributed by atoms with E-state index < -0.39 is 0 Å². The van der Waals surface area contributed by atoms with Crippen LogP contribution < -0.4 is 15.1 Å². The first kappa shape index (κ1) is 17.2. The predicted molar refractivity (Wildman–Crippen MR) is 95.5 cm³/mol. The zero-order chi connectivity index (χ0) is 18.0.